The molecule has 1 unspecified atom stereocenters. The maximum Gasteiger partial charge on any atom is 0.232 e. The van der Waals surface area contributed by atoms with Crippen molar-refractivity contribution < 1.29 is 4.79 Å². The molecule has 1 aromatic rings. The summed E-state index contributed by atoms with van der Waals surface area (Å²) in [6, 6.07) is 5.57. The summed E-state index contributed by atoms with van der Waals surface area (Å²) >= 11 is 0. The number of fused-ring (bicyclic) bond motifs is 1. The molecule has 80 valence electrons. The Balaban J connectivity index is 2.53. The fraction of sp³-hybridized carbons (Fsp3) is 0.417. The lowest BCUT2D eigenvalue weighted by atomic mass is 9.77. The van der Waals surface area contributed by atoms with Crippen LogP contribution in [-0.4, -0.2) is 5.91 Å². The van der Waals surface area contributed by atoms with E-state index in [1.54, 1.807) is 0 Å². The molecule has 1 aliphatic rings. The van der Waals surface area contributed by atoms with E-state index in [4.69, 9.17) is 5.73 Å². The fourth-order valence-corrected chi connectivity index (χ4v) is 2.14. The molecule has 3 nitrogen and oxygen atoms in total. The molecule has 0 saturated heterocycles. The summed E-state index contributed by atoms with van der Waals surface area (Å²) in [5.41, 5.74) is 8.29. The number of hydrogen-bond acceptors (Lipinski definition) is 2. The molecule has 3 N–H and O–H groups in total. The van der Waals surface area contributed by atoms with Gasteiger partial charge in [0.2, 0.25) is 5.91 Å². The third kappa shape index (κ3) is 1.58. The molecule has 1 aliphatic heterocycles. The van der Waals surface area contributed by atoms with Crippen molar-refractivity contribution in [3.63, 3.8) is 0 Å². The Bertz CT molecular complexity index is 418. The number of anilines is 2. The van der Waals surface area contributed by atoms with Gasteiger partial charge in [0.1, 0.15) is 0 Å². The monoisotopic (exact) mass is 204 g/mol. The second-order valence-corrected chi connectivity index (χ2v) is 5.13. The Kier molecular flexibility index (Phi) is 2.00. The lowest BCUT2D eigenvalue weighted by Crippen LogP contribution is -2.25. The van der Waals surface area contributed by atoms with Crippen molar-refractivity contribution in [1.29, 1.82) is 0 Å². The van der Waals surface area contributed by atoms with Crippen molar-refractivity contribution in [3.05, 3.63) is 23.8 Å². The number of benzene rings is 1. The van der Waals surface area contributed by atoms with Gasteiger partial charge in [-0.3, -0.25) is 4.79 Å². The molecule has 2 rings (SSSR count). The minimum atomic E-state index is -0.101. The van der Waals surface area contributed by atoms with Gasteiger partial charge in [-0.2, -0.15) is 0 Å². The van der Waals surface area contributed by atoms with E-state index in [2.05, 4.69) is 26.1 Å². The lowest BCUT2D eigenvalue weighted by Gasteiger charge is -2.25. The second kappa shape index (κ2) is 2.99. The average Bonchev–Trinajstić information content (AvgIpc) is 2.38. The molecular formula is C12H16N2O. The van der Waals surface area contributed by atoms with Crippen LogP contribution in [0.5, 0.6) is 0 Å². The van der Waals surface area contributed by atoms with Crippen molar-refractivity contribution >= 4 is 17.3 Å². The van der Waals surface area contributed by atoms with Crippen LogP contribution >= 0.6 is 0 Å². The zero-order valence-electron chi connectivity index (χ0n) is 9.29. The summed E-state index contributed by atoms with van der Waals surface area (Å²) in [4.78, 5) is 11.8. The molecule has 15 heavy (non-hydrogen) atoms. The molecular weight excluding hydrogens is 188 g/mol. The van der Waals surface area contributed by atoms with Gasteiger partial charge in [-0.05, 0) is 29.2 Å². The number of hydrogen-bond donors (Lipinski definition) is 2. The minimum absolute atomic E-state index is 0.0723. The van der Waals surface area contributed by atoms with Crippen LogP contribution in [0.3, 0.4) is 0 Å². The van der Waals surface area contributed by atoms with Crippen molar-refractivity contribution in [1.82, 2.24) is 0 Å². The molecule has 1 aromatic carbocycles. The van der Waals surface area contributed by atoms with E-state index >= 15 is 0 Å². The maximum atomic E-state index is 11.8. The molecule has 0 aliphatic carbocycles. The zero-order valence-corrected chi connectivity index (χ0v) is 9.29. The van der Waals surface area contributed by atoms with Crippen molar-refractivity contribution in [2.75, 3.05) is 11.1 Å². The molecule has 0 saturated carbocycles. The van der Waals surface area contributed by atoms with Gasteiger partial charge in [-0.25, -0.2) is 0 Å². The smallest absolute Gasteiger partial charge is 0.232 e. The Morgan fingerprint density at radius 2 is 2.00 bits per heavy atom. The van der Waals surface area contributed by atoms with E-state index in [-0.39, 0.29) is 17.2 Å². The van der Waals surface area contributed by atoms with Gasteiger partial charge >= 0.3 is 0 Å². The molecule has 1 heterocycles. The first-order chi connectivity index (χ1) is 6.89. The predicted octanol–water partition coefficient (Wildman–Crippen LogP) is 2.35. The van der Waals surface area contributed by atoms with E-state index in [0.717, 1.165) is 11.3 Å². The molecule has 1 atom stereocenters. The number of amides is 1. The third-order valence-corrected chi connectivity index (χ3v) is 2.77. The average molecular weight is 204 g/mol. The number of nitrogen functional groups attached to an aromatic ring is 1. The molecule has 0 spiro atoms. The first-order valence-electron chi connectivity index (χ1n) is 5.10. The van der Waals surface area contributed by atoms with Crippen LogP contribution in [0, 0.1) is 5.41 Å². The highest BCUT2D eigenvalue weighted by molar-refractivity contribution is 6.03. The summed E-state index contributed by atoms with van der Waals surface area (Å²) in [7, 11) is 0. The van der Waals surface area contributed by atoms with Crippen LogP contribution in [0.15, 0.2) is 18.2 Å². The highest BCUT2D eigenvalue weighted by atomic mass is 16.2. The van der Waals surface area contributed by atoms with Crippen LogP contribution in [0.25, 0.3) is 0 Å². The summed E-state index contributed by atoms with van der Waals surface area (Å²) in [6.45, 7) is 6.20. The molecule has 0 fully saturated rings. The largest absolute Gasteiger partial charge is 0.399 e. The normalized spacial score (nSPS) is 19.9. The fourth-order valence-electron chi connectivity index (χ4n) is 2.14. The Morgan fingerprint density at radius 1 is 1.33 bits per heavy atom. The van der Waals surface area contributed by atoms with E-state index in [1.807, 2.05) is 18.2 Å². The molecule has 0 radical (unpaired) electrons. The maximum absolute atomic E-state index is 11.8. The number of nitrogens with two attached hydrogens (primary N) is 1. The van der Waals surface area contributed by atoms with E-state index in [9.17, 15) is 4.79 Å². The SMILES string of the molecule is CC(C)(C)C1C(=O)Nc2ccc(N)cc21. The van der Waals surface area contributed by atoms with Gasteiger partial charge < -0.3 is 11.1 Å². The van der Waals surface area contributed by atoms with Crippen molar-refractivity contribution in [2.45, 2.75) is 26.7 Å². The summed E-state index contributed by atoms with van der Waals surface area (Å²) in [6.07, 6.45) is 0. The quantitative estimate of drug-likeness (QED) is 0.637. The van der Waals surface area contributed by atoms with Gasteiger partial charge in [0.25, 0.3) is 0 Å². The van der Waals surface area contributed by atoms with Crippen LogP contribution in [0.1, 0.15) is 32.3 Å². The van der Waals surface area contributed by atoms with E-state index in [1.165, 1.54) is 0 Å². The highest BCUT2D eigenvalue weighted by Crippen LogP contribution is 2.44. The van der Waals surface area contributed by atoms with Crippen molar-refractivity contribution in [3.8, 4) is 0 Å². The highest BCUT2D eigenvalue weighted by Gasteiger charge is 2.39. The second-order valence-electron chi connectivity index (χ2n) is 5.13. The Morgan fingerprint density at radius 3 is 2.60 bits per heavy atom. The molecule has 0 aromatic heterocycles. The van der Waals surface area contributed by atoms with Crippen LogP contribution < -0.4 is 11.1 Å². The van der Waals surface area contributed by atoms with Gasteiger partial charge in [0, 0.05) is 11.4 Å². The van der Waals surface area contributed by atoms with Crippen LogP contribution in [0.2, 0.25) is 0 Å². The van der Waals surface area contributed by atoms with Gasteiger partial charge in [0.05, 0.1) is 5.92 Å². The molecule has 1 amide bonds. The van der Waals surface area contributed by atoms with Crippen molar-refractivity contribution in [2.24, 2.45) is 5.41 Å². The first kappa shape index (κ1) is 10.0. The lowest BCUT2D eigenvalue weighted by molar-refractivity contribution is -0.119. The van der Waals surface area contributed by atoms with E-state index < -0.39 is 0 Å². The van der Waals surface area contributed by atoms with Gasteiger partial charge in [-0.15, -0.1) is 0 Å². The van der Waals surface area contributed by atoms with Crippen LogP contribution in [-0.2, 0) is 4.79 Å². The summed E-state index contributed by atoms with van der Waals surface area (Å²) in [5.74, 6) is -0.0286. The van der Waals surface area contributed by atoms with Gasteiger partial charge in [0.15, 0.2) is 0 Å². The first-order valence-corrected chi connectivity index (χ1v) is 5.10. The molecule has 3 heteroatoms. The topological polar surface area (TPSA) is 55.1 Å². The zero-order chi connectivity index (χ0) is 11.2. The van der Waals surface area contributed by atoms with Crippen LogP contribution in [0.4, 0.5) is 11.4 Å². The third-order valence-electron chi connectivity index (χ3n) is 2.77. The number of carbonyl (C=O) groups excluding carboxylic acids is 1. The Labute approximate surface area is 89.7 Å². The number of carbonyl (C=O) groups is 1. The minimum Gasteiger partial charge on any atom is -0.399 e. The summed E-state index contributed by atoms with van der Waals surface area (Å²) < 4.78 is 0. The molecule has 0 bridgehead atoms. The standard InChI is InChI=1S/C12H16N2O/c1-12(2,3)10-8-6-7(13)4-5-9(8)14-11(10)15/h4-6,10H,13H2,1-3H3,(H,14,15). The predicted molar refractivity (Wildman–Crippen MR) is 61.7 cm³/mol. The van der Waals surface area contributed by atoms with Gasteiger partial charge in [-0.1, -0.05) is 20.8 Å². The number of nitrogens with one attached hydrogen (secondary N) is 1. The summed E-state index contributed by atoms with van der Waals surface area (Å²) in [5, 5.41) is 2.89. The number of rotatable bonds is 0. The van der Waals surface area contributed by atoms with E-state index in [0.29, 0.717) is 5.69 Å². The Hall–Kier alpha value is -1.51.